The van der Waals surface area contributed by atoms with Gasteiger partial charge in [0.05, 0.1) is 23.6 Å². The Morgan fingerprint density at radius 1 is 1.23 bits per heavy atom. The lowest BCUT2D eigenvalue weighted by Gasteiger charge is -2.32. The molecule has 1 aromatic carbocycles. The van der Waals surface area contributed by atoms with Crippen molar-refractivity contribution < 1.29 is 9.53 Å². The fourth-order valence-electron chi connectivity index (χ4n) is 6.08. The summed E-state index contributed by atoms with van der Waals surface area (Å²) in [6.45, 7) is 17.4. The molecule has 1 saturated heterocycles. The van der Waals surface area contributed by atoms with Gasteiger partial charge in [0.1, 0.15) is 0 Å². The van der Waals surface area contributed by atoms with E-state index in [0.717, 1.165) is 93.2 Å². The minimum Gasteiger partial charge on any atom is -0.479 e. The lowest BCUT2D eigenvalue weighted by atomic mass is 9.98. The molecule has 0 radical (unpaired) electrons. The number of guanidine groups is 1. The van der Waals surface area contributed by atoms with Gasteiger partial charge in [0, 0.05) is 75.6 Å². The third-order valence-electron chi connectivity index (χ3n) is 8.79. The molecule has 2 bridgehead atoms. The van der Waals surface area contributed by atoms with Crippen molar-refractivity contribution >= 4 is 23.2 Å². The molecule has 44 heavy (non-hydrogen) atoms. The molecule has 9 heteroatoms. The Morgan fingerprint density at radius 3 is 2.77 bits per heavy atom. The predicted octanol–water partition coefficient (Wildman–Crippen LogP) is 5.40. The smallest absolute Gasteiger partial charge is 0.281 e. The summed E-state index contributed by atoms with van der Waals surface area (Å²) in [5, 5.41) is 6.70. The van der Waals surface area contributed by atoms with Crippen LogP contribution in [0.4, 0.5) is 11.4 Å². The van der Waals surface area contributed by atoms with Gasteiger partial charge in [-0.05, 0) is 62.9 Å². The minimum absolute atomic E-state index is 0.302. The molecule has 1 amide bonds. The molecular formula is C35H49N7O2. The number of fused-ring (bicyclic) bond motifs is 4. The van der Waals surface area contributed by atoms with E-state index < -0.39 is 0 Å². The number of hydrogen-bond donors (Lipinski definition) is 2. The van der Waals surface area contributed by atoms with E-state index in [1.165, 1.54) is 5.56 Å². The molecule has 1 aromatic rings. The molecule has 1 unspecified atom stereocenters. The summed E-state index contributed by atoms with van der Waals surface area (Å²) in [6.07, 6.45) is 11.7. The van der Waals surface area contributed by atoms with Crippen LogP contribution in [-0.2, 0) is 16.1 Å². The predicted molar refractivity (Wildman–Crippen MR) is 180 cm³/mol. The number of unbranched alkanes of at least 4 members (excludes halogenated alkanes) is 1. The monoisotopic (exact) mass is 599 g/mol. The summed E-state index contributed by atoms with van der Waals surface area (Å²) < 4.78 is 6.25. The third kappa shape index (κ3) is 7.27. The van der Waals surface area contributed by atoms with Gasteiger partial charge < -0.3 is 30.1 Å². The van der Waals surface area contributed by atoms with Crippen LogP contribution in [0, 0.1) is 5.92 Å². The number of piperazine rings is 1. The second-order valence-electron chi connectivity index (χ2n) is 12.4. The van der Waals surface area contributed by atoms with Crippen molar-refractivity contribution in [2.45, 2.75) is 53.0 Å². The highest BCUT2D eigenvalue weighted by atomic mass is 16.5. The summed E-state index contributed by atoms with van der Waals surface area (Å²) in [5.41, 5.74) is 6.37. The summed E-state index contributed by atoms with van der Waals surface area (Å²) in [7, 11) is 4.05. The maximum absolute atomic E-state index is 13.9. The van der Waals surface area contributed by atoms with Crippen LogP contribution in [0.25, 0.3) is 0 Å². The highest BCUT2D eigenvalue weighted by Gasteiger charge is 2.30. The van der Waals surface area contributed by atoms with Crippen molar-refractivity contribution in [2.24, 2.45) is 10.9 Å². The molecule has 0 aliphatic carbocycles. The number of benzene rings is 1. The van der Waals surface area contributed by atoms with E-state index >= 15 is 0 Å². The van der Waals surface area contributed by atoms with Crippen molar-refractivity contribution in [1.82, 2.24) is 20.0 Å². The van der Waals surface area contributed by atoms with E-state index in [0.29, 0.717) is 29.9 Å². The Morgan fingerprint density at radius 2 is 2.02 bits per heavy atom. The number of nitrogens with zero attached hydrogens (tertiary/aromatic N) is 5. The molecule has 0 saturated carbocycles. The first-order valence-corrected chi connectivity index (χ1v) is 16.1. The van der Waals surface area contributed by atoms with Crippen LogP contribution >= 0.6 is 0 Å². The number of nitrogens with one attached hydrogen (secondary N) is 2. The van der Waals surface area contributed by atoms with Crippen molar-refractivity contribution in [3.8, 4) is 0 Å². The second-order valence-corrected chi connectivity index (χ2v) is 12.4. The van der Waals surface area contributed by atoms with E-state index in [9.17, 15) is 4.79 Å². The number of aliphatic imine (C=N–C) groups is 1. The lowest BCUT2D eigenvalue weighted by Crippen LogP contribution is -2.43. The molecule has 5 rings (SSSR count). The number of rotatable bonds is 6. The average molecular weight is 600 g/mol. The first-order valence-electron chi connectivity index (χ1n) is 16.1. The Kier molecular flexibility index (Phi) is 10.3. The molecular weight excluding hydrogens is 550 g/mol. The summed E-state index contributed by atoms with van der Waals surface area (Å²) in [6, 6.07) is 6.60. The van der Waals surface area contributed by atoms with Gasteiger partial charge in [0.15, 0.2) is 5.88 Å². The number of amides is 1. The zero-order chi connectivity index (χ0) is 31.2. The van der Waals surface area contributed by atoms with Crippen molar-refractivity contribution in [2.75, 3.05) is 63.6 Å². The van der Waals surface area contributed by atoms with Crippen molar-refractivity contribution in [3.05, 3.63) is 83.2 Å². The molecule has 1 atom stereocenters. The van der Waals surface area contributed by atoms with E-state index in [4.69, 9.17) is 9.73 Å². The van der Waals surface area contributed by atoms with Gasteiger partial charge in [-0.15, -0.1) is 0 Å². The molecule has 4 aliphatic heterocycles. The molecule has 9 nitrogen and oxygen atoms in total. The van der Waals surface area contributed by atoms with Crippen LogP contribution in [0.5, 0.6) is 0 Å². The summed E-state index contributed by atoms with van der Waals surface area (Å²) in [4.78, 5) is 27.6. The van der Waals surface area contributed by atoms with Gasteiger partial charge in [-0.3, -0.25) is 9.69 Å². The minimum atomic E-state index is -0.302. The maximum atomic E-state index is 13.9. The third-order valence-corrected chi connectivity index (χ3v) is 8.79. The van der Waals surface area contributed by atoms with Crippen LogP contribution < -0.4 is 15.5 Å². The molecule has 2 N–H and O–H groups in total. The van der Waals surface area contributed by atoms with Gasteiger partial charge in [-0.2, -0.15) is 4.99 Å². The largest absolute Gasteiger partial charge is 0.479 e. The van der Waals surface area contributed by atoms with Gasteiger partial charge in [0.2, 0.25) is 5.96 Å². The lowest BCUT2D eigenvalue weighted by molar-refractivity contribution is -0.114. The molecule has 4 heterocycles. The number of anilines is 2. The highest BCUT2D eigenvalue weighted by molar-refractivity contribution is 6.19. The van der Waals surface area contributed by atoms with E-state index in [2.05, 4.69) is 77.1 Å². The van der Waals surface area contributed by atoms with Gasteiger partial charge in [-0.25, -0.2) is 0 Å². The van der Waals surface area contributed by atoms with Crippen LogP contribution in [-0.4, -0.2) is 80.0 Å². The number of allylic oxidation sites excluding steroid dienone is 2. The van der Waals surface area contributed by atoms with E-state index in [1.54, 1.807) is 0 Å². The molecule has 236 valence electrons. The summed E-state index contributed by atoms with van der Waals surface area (Å²) >= 11 is 0. The standard InChI is InChI=1S/C35H49N7O2/c1-7-8-9-14-41-24-29-21-30(27(41)4)26(3)34(36-5)44-19-10-11-25(2)22-42-32-20-28(23-40-17-15-39(6)16-18-40)12-13-31(32)37-35(42)38-33(29)43/h9,12-14,20-21,24-25,36H,4,7-8,10-11,15-19,22-23H2,1-3,5-6H3,(H,37,38,43)/b14-9-,34-26-. The first kappa shape index (κ1) is 31.6. The average Bonchev–Trinajstić information content (AvgIpc) is 3.34. The second kappa shape index (κ2) is 14.3. The van der Waals surface area contributed by atoms with Crippen molar-refractivity contribution in [3.63, 3.8) is 0 Å². The zero-order valence-corrected chi connectivity index (χ0v) is 27.2. The Hall–Kier alpha value is -3.82. The zero-order valence-electron chi connectivity index (χ0n) is 27.2. The van der Waals surface area contributed by atoms with Crippen LogP contribution in [0.15, 0.2) is 82.6 Å². The Labute approximate surface area is 263 Å². The number of ether oxygens (including phenoxy) is 1. The molecule has 0 aromatic heterocycles. The number of carbonyl (C=O) groups excluding carboxylic acids is 1. The number of carbonyl (C=O) groups is 1. The topological polar surface area (TPSA) is 75.7 Å². The highest BCUT2D eigenvalue weighted by Crippen LogP contribution is 2.36. The molecule has 1 fully saturated rings. The maximum Gasteiger partial charge on any atom is 0.281 e. The Balaban J connectivity index is 1.50. The van der Waals surface area contributed by atoms with Crippen LogP contribution in [0.1, 0.15) is 52.0 Å². The fraction of sp³-hybridized carbons (Fsp3) is 0.486. The molecule has 0 spiro atoms. The summed E-state index contributed by atoms with van der Waals surface area (Å²) in [5.74, 6) is 1.33. The number of likely N-dealkylation sites (N-methyl/N-ethyl adjacent to an activating group) is 1. The van der Waals surface area contributed by atoms with E-state index in [1.807, 2.05) is 37.3 Å². The van der Waals surface area contributed by atoms with Crippen molar-refractivity contribution in [1.29, 1.82) is 0 Å². The normalized spacial score (nSPS) is 25.2. The van der Waals surface area contributed by atoms with Gasteiger partial charge in [0.25, 0.3) is 5.91 Å². The molecule has 4 aliphatic rings. The first-order chi connectivity index (χ1) is 21.3. The quantitative estimate of drug-likeness (QED) is 0.451. The van der Waals surface area contributed by atoms with Gasteiger partial charge >= 0.3 is 0 Å². The fourth-order valence-corrected chi connectivity index (χ4v) is 6.08. The van der Waals surface area contributed by atoms with E-state index in [-0.39, 0.29) is 5.91 Å². The Bertz CT molecular complexity index is 1400. The van der Waals surface area contributed by atoms with Crippen LogP contribution in [0.2, 0.25) is 0 Å². The SMILES string of the molecule is C=C1C2=CC(=CN1/C=C\CCC)C(=O)/N=C1\Nc3ccc(CN4CCN(C)CC4)cc3N1CC(C)CCCO/C(NC)=C\2C. The van der Waals surface area contributed by atoms with Gasteiger partial charge in [-0.1, -0.05) is 39.0 Å². The number of hydrogen-bond acceptors (Lipinski definition) is 8. The van der Waals surface area contributed by atoms with Crippen LogP contribution in [0.3, 0.4) is 0 Å².